The Morgan fingerprint density at radius 2 is 2.20 bits per heavy atom. The largest absolute Gasteiger partial charge is 0.465 e. The van der Waals surface area contributed by atoms with E-state index in [1.54, 1.807) is 0 Å². The van der Waals surface area contributed by atoms with Crippen molar-refractivity contribution in [3.05, 3.63) is 0 Å². The molecule has 0 aromatic heterocycles. The lowest BCUT2D eigenvalue weighted by atomic mass is 10.1. The molecule has 0 bridgehead atoms. The van der Waals surface area contributed by atoms with Crippen molar-refractivity contribution in [3.63, 3.8) is 0 Å². The number of esters is 1. The van der Waals surface area contributed by atoms with Crippen LogP contribution in [-0.2, 0) is 9.53 Å². The fourth-order valence-electron chi connectivity index (χ4n) is 1.70. The molecular formula is C12H23NO2. The molecule has 1 N–H and O–H groups in total. The minimum atomic E-state index is -0.0892. The van der Waals surface area contributed by atoms with Crippen molar-refractivity contribution in [2.24, 2.45) is 5.92 Å². The molecule has 0 radical (unpaired) electrons. The molecule has 0 spiro atoms. The Kier molecular flexibility index (Phi) is 5.69. The second kappa shape index (κ2) is 6.83. The standard InChI is InChI=1S/C12H23NO2/c1-3-5-11(12(14)15-4-2)13-9-8-10-6-7-10/h10-11,13H,3-9H2,1-2H3. The molecule has 1 atom stereocenters. The van der Waals surface area contributed by atoms with Crippen molar-refractivity contribution in [2.75, 3.05) is 13.2 Å². The highest BCUT2D eigenvalue weighted by Gasteiger charge is 2.22. The lowest BCUT2D eigenvalue weighted by Gasteiger charge is -2.16. The van der Waals surface area contributed by atoms with E-state index in [9.17, 15) is 4.79 Å². The van der Waals surface area contributed by atoms with Crippen LogP contribution in [0.5, 0.6) is 0 Å². The van der Waals surface area contributed by atoms with Crippen molar-refractivity contribution < 1.29 is 9.53 Å². The van der Waals surface area contributed by atoms with Gasteiger partial charge in [-0.1, -0.05) is 26.2 Å². The summed E-state index contributed by atoms with van der Waals surface area (Å²) in [5.74, 6) is 0.831. The molecule has 15 heavy (non-hydrogen) atoms. The first-order chi connectivity index (χ1) is 7.27. The first-order valence-electron chi connectivity index (χ1n) is 6.18. The molecule has 0 aliphatic heterocycles. The lowest BCUT2D eigenvalue weighted by molar-refractivity contribution is -0.145. The zero-order chi connectivity index (χ0) is 11.1. The maximum atomic E-state index is 11.5. The Morgan fingerprint density at radius 3 is 2.73 bits per heavy atom. The highest BCUT2D eigenvalue weighted by atomic mass is 16.5. The first-order valence-corrected chi connectivity index (χ1v) is 6.18. The summed E-state index contributed by atoms with van der Waals surface area (Å²) in [6, 6.07) is -0.0892. The third-order valence-electron chi connectivity index (χ3n) is 2.79. The van der Waals surface area contributed by atoms with E-state index < -0.39 is 0 Å². The molecule has 1 saturated carbocycles. The van der Waals surface area contributed by atoms with Gasteiger partial charge in [0.15, 0.2) is 0 Å². The molecule has 3 nitrogen and oxygen atoms in total. The van der Waals surface area contributed by atoms with Crippen molar-refractivity contribution in [1.29, 1.82) is 0 Å². The van der Waals surface area contributed by atoms with Crippen LogP contribution in [0.25, 0.3) is 0 Å². The first kappa shape index (κ1) is 12.5. The Bertz CT molecular complexity index is 190. The fourth-order valence-corrected chi connectivity index (χ4v) is 1.70. The van der Waals surface area contributed by atoms with E-state index in [4.69, 9.17) is 4.74 Å². The number of carbonyl (C=O) groups excluding carboxylic acids is 1. The third kappa shape index (κ3) is 5.17. The topological polar surface area (TPSA) is 38.3 Å². The summed E-state index contributed by atoms with van der Waals surface area (Å²) in [5.41, 5.74) is 0. The predicted molar refractivity (Wildman–Crippen MR) is 60.7 cm³/mol. The average Bonchev–Trinajstić information content (AvgIpc) is 3.01. The molecule has 1 aliphatic carbocycles. The highest BCUT2D eigenvalue weighted by molar-refractivity contribution is 5.75. The molecule has 0 aromatic rings. The van der Waals surface area contributed by atoms with E-state index in [2.05, 4.69) is 12.2 Å². The molecule has 0 aromatic carbocycles. The van der Waals surface area contributed by atoms with Gasteiger partial charge in [0, 0.05) is 0 Å². The Balaban J connectivity index is 2.17. The average molecular weight is 213 g/mol. The molecule has 0 heterocycles. The summed E-state index contributed by atoms with van der Waals surface area (Å²) in [7, 11) is 0. The van der Waals surface area contributed by atoms with Gasteiger partial charge in [0.2, 0.25) is 0 Å². The summed E-state index contributed by atoms with van der Waals surface area (Å²) >= 11 is 0. The van der Waals surface area contributed by atoms with E-state index >= 15 is 0 Å². The van der Waals surface area contributed by atoms with Gasteiger partial charge in [0.1, 0.15) is 6.04 Å². The third-order valence-corrected chi connectivity index (χ3v) is 2.79. The Hall–Kier alpha value is -0.570. The van der Waals surface area contributed by atoms with Crippen LogP contribution in [0.1, 0.15) is 46.0 Å². The molecule has 88 valence electrons. The van der Waals surface area contributed by atoms with Crippen LogP contribution in [0.4, 0.5) is 0 Å². The maximum absolute atomic E-state index is 11.5. The number of nitrogens with one attached hydrogen (secondary N) is 1. The quantitative estimate of drug-likeness (QED) is 0.628. The second-order valence-corrected chi connectivity index (χ2v) is 4.28. The highest BCUT2D eigenvalue weighted by Crippen LogP contribution is 2.31. The molecule has 3 heteroatoms. The number of rotatable bonds is 8. The van der Waals surface area contributed by atoms with Gasteiger partial charge in [-0.05, 0) is 32.2 Å². The SMILES string of the molecule is CCCC(NCCC1CC1)C(=O)OCC. The fraction of sp³-hybridized carbons (Fsp3) is 0.917. The monoisotopic (exact) mass is 213 g/mol. The van der Waals surface area contributed by atoms with Crippen LogP contribution in [0, 0.1) is 5.92 Å². The van der Waals surface area contributed by atoms with Gasteiger partial charge in [0.25, 0.3) is 0 Å². The minimum Gasteiger partial charge on any atom is -0.465 e. The minimum absolute atomic E-state index is 0.0878. The van der Waals surface area contributed by atoms with E-state index in [1.807, 2.05) is 6.92 Å². The number of carbonyl (C=O) groups is 1. The number of hydrogen-bond donors (Lipinski definition) is 1. The molecule has 1 fully saturated rings. The van der Waals surface area contributed by atoms with Crippen LogP contribution < -0.4 is 5.32 Å². The van der Waals surface area contributed by atoms with Gasteiger partial charge in [-0.25, -0.2) is 0 Å². The van der Waals surface area contributed by atoms with Gasteiger partial charge >= 0.3 is 5.97 Å². The summed E-state index contributed by atoms with van der Waals surface area (Å²) in [6.45, 7) is 5.37. The molecule has 1 unspecified atom stereocenters. The maximum Gasteiger partial charge on any atom is 0.323 e. The van der Waals surface area contributed by atoms with Crippen LogP contribution >= 0.6 is 0 Å². The Morgan fingerprint density at radius 1 is 1.47 bits per heavy atom. The van der Waals surface area contributed by atoms with Crippen LogP contribution in [-0.4, -0.2) is 25.2 Å². The van der Waals surface area contributed by atoms with Crippen molar-refractivity contribution in [1.82, 2.24) is 5.32 Å². The zero-order valence-electron chi connectivity index (χ0n) is 9.92. The number of ether oxygens (including phenoxy) is 1. The number of hydrogen-bond acceptors (Lipinski definition) is 3. The molecule has 1 aliphatic rings. The van der Waals surface area contributed by atoms with Crippen molar-refractivity contribution in [2.45, 2.75) is 52.0 Å². The zero-order valence-corrected chi connectivity index (χ0v) is 9.92. The van der Waals surface area contributed by atoms with Gasteiger partial charge < -0.3 is 10.1 Å². The summed E-state index contributed by atoms with van der Waals surface area (Å²) in [4.78, 5) is 11.5. The second-order valence-electron chi connectivity index (χ2n) is 4.28. The van der Waals surface area contributed by atoms with Crippen molar-refractivity contribution in [3.8, 4) is 0 Å². The van der Waals surface area contributed by atoms with E-state index in [0.717, 1.165) is 25.3 Å². The Labute approximate surface area is 92.6 Å². The van der Waals surface area contributed by atoms with E-state index in [0.29, 0.717) is 6.61 Å². The van der Waals surface area contributed by atoms with Gasteiger partial charge in [-0.15, -0.1) is 0 Å². The van der Waals surface area contributed by atoms with Gasteiger partial charge in [-0.3, -0.25) is 4.79 Å². The molecular weight excluding hydrogens is 190 g/mol. The van der Waals surface area contributed by atoms with Gasteiger partial charge in [0.05, 0.1) is 6.61 Å². The smallest absolute Gasteiger partial charge is 0.323 e. The molecule has 0 amide bonds. The van der Waals surface area contributed by atoms with Crippen LogP contribution in [0.3, 0.4) is 0 Å². The van der Waals surface area contributed by atoms with Crippen LogP contribution in [0.2, 0.25) is 0 Å². The summed E-state index contributed by atoms with van der Waals surface area (Å²) in [5, 5.41) is 3.30. The molecule has 0 saturated heterocycles. The van der Waals surface area contributed by atoms with E-state index in [-0.39, 0.29) is 12.0 Å². The molecule has 1 rings (SSSR count). The van der Waals surface area contributed by atoms with Gasteiger partial charge in [-0.2, -0.15) is 0 Å². The summed E-state index contributed by atoms with van der Waals surface area (Å²) in [6.07, 6.45) is 5.85. The lowest BCUT2D eigenvalue weighted by Crippen LogP contribution is -2.38. The summed E-state index contributed by atoms with van der Waals surface area (Å²) < 4.78 is 5.03. The normalized spacial score (nSPS) is 17.5. The predicted octanol–water partition coefficient (Wildman–Crippen LogP) is 2.11. The van der Waals surface area contributed by atoms with Crippen LogP contribution in [0.15, 0.2) is 0 Å². The van der Waals surface area contributed by atoms with Crippen molar-refractivity contribution >= 4 is 5.97 Å². The van der Waals surface area contributed by atoms with E-state index in [1.165, 1.54) is 19.3 Å².